The van der Waals surface area contributed by atoms with Gasteiger partial charge in [-0.2, -0.15) is 0 Å². The van der Waals surface area contributed by atoms with Crippen molar-refractivity contribution in [1.82, 2.24) is 0 Å². The fourth-order valence-electron chi connectivity index (χ4n) is 3.50. The highest BCUT2D eigenvalue weighted by molar-refractivity contribution is 6.12. The third kappa shape index (κ3) is 3.36. The third-order valence-corrected chi connectivity index (χ3v) is 4.95. The highest BCUT2D eigenvalue weighted by Gasteiger charge is 2.26. The van der Waals surface area contributed by atoms with Crippen LogP contribution in [0, 0.1) is 5.82 Å². The first-order chi connectivity index (χ1) is 12.7. The van der Waals surface area contributed by atoms with E-state index in [1.807, 2.05) is 18.2 Å². The molecule has 0 radical (unpaired) electrons. The number of unbranched alkanes of at least 4 members (excludes halogenated alkanes) is 1. The molecule has 134 valence electrons. The minimum absolute atomic E-state index is 0.228. The molecule has 1 unspecified atom stereocenters. The Morgan fingerprint density at radius 1 is 1.12 bits per heavy atom. The van der Waals surface area contributed by atoms with E-state index in [9.17, 15) is 4.39 Å². The van der Waals surface area contributed by atoms with E-state index in [2.05, 4.69) is 13.0 Å². The number of rotatable bonds is 5. The highest BCUT2D eigenvalue weighted by atomic mass is 19.1. The summed E-state index contributed by atoms with van der Waals surface area (Å²) in [5.41, 5.74) is 4.29. The zero-order chi connectivity index (χ0) is 17.9. The molecule has 2 aromatic rings. The van der Waals surface area contributed by atoms with Crippen molar-refractivity contribution in [2.75, 3.05) is 13.3 Å². The van der Waals surface area contributed by atoms with E-state index in [1.54, 1.807) is 12.1 Å². The van der Waals surface area contributed by atoms with Gasteiger partial charge in [-0.05, 0) is 47.9 Å². The molecule has 26 heavy (non-hydrogen) atoms. The van der Waals surface area contributed by atoms with Gasteiger partial charge in [-0.25, -0.2) is 4.39 Å². The van der Waals surface area contributed by atoms with Gasteiger partial charge in [-0.15, -0.1) is 0 Å². The second kappa shape index (κ2) is 7.32. The first-order valence-corrected chi connectivity index (χ1v) is 9.16. The van der Waals surface area contributed by atoms with Crippen LogP contribution >= 0.6 is 0 Å². The van der Waals surface area contributed by atoms with Gasteiger partial charge in [0.25, 0.3) is 0 Å². The van der Waals surface area contributed by atoms with E-state index in [0.29, 0.717) is 5.92 Å². The Labute approximate surface area is 153 Å². The molecule has 0 spiro atoms. The van der Waals surface area contributed by atoms with E-state index in [4.69, 9.17) is 14.5 Å². The predicted molar refractivity (Wildman–Crippen MR) is 102 cm³/mol. The van der Waals surface area contributed by atoms with Crippen molar-refractivity contribution < 1.29 is 13.9 Å². The minimum atomic E-state index is -0.228. The highest BCUT2D eigenvalue weighted by Crippen LogP contribution is 2.40. The van der Waals surface area contributed by atoms with Crippen LogP contribution in [0.5, 0.6) is 11.5 Å². The van der Waals surface area contributed by atoms with Crippen molar-refractivity contribution in [3.8, 4) is 11.5 Å². The topological polar surface area (TPSA) is 30.8 Å². The SMILES string of the molecule is CCCCC1CN=C(C=Cc2ccc(F)cc2)c2cc3c(cc21)OCO3. The standard InChI is InChI=1S/C22H22FNO2/c1-2-3-4-16-13-24-20(10-7-15-5-8-17(23)9-6-15)19-12-22-21(11-18(16)19)25-14-26-22/h5-12,16H,2-4,13-14H2,1H3. The number of fused-ring (bicyclic) bond motifs is 2. The van der Waals surface area contributed by atoms with E-state index >= 15 is 0 Å². The van der Waals surface area contributed by atoms with E-state index in [1.165, 1.54) is 30.5 Å². The molecule has 2 aliphatic heterocycles. The minimum Gasteiger partial charge on any atom is -0.454 e. The average Bonchev–Trinajstić information content (AvgIpc) is 3.12. The molecule has 4 heteroatoms. The van der Waals surface area contributed by atoms with Gasteiger partial charge in [0.15, 0.2) is 11.5 Å². The third-order valence-electron chi connectivity index (χ3n) is 4.95. The Morgan fingerprint density at radius 2 is 1.88 bits per heavy atom. The molecule has 2 aliphatic rings. The second-order valence-corrected chi connectivity index (χ2v) is 6.74. The monoisotopic (exact) mass is 351 g/mol. The van der Waals surface area contributed by atoms with Crippen LogP contribution < -0.4 is 9.47 Å². The Hall–Kier alpha value is -2.62. The van der Waals surface area contributed by atoms with Crippen molar-refractivity contribution in [1.29, 1.82) is 0 Å². The maximum absolute atomic E-state index is 13.1. The van der Waals surface area contributed by atoms with Crippen LogP contribution in [0.4, 0.5) is 4.39 Å². The Morgan fingerprint density at radius 3 is 2.65 bits per heavy atom. The summed E-state index contributed by atoms with van der Waals surface area (Å²) in [5, 5.41) is 0. The number of benzene rings is 2. The molecular weight excluding hydrogens is 329 g/mol. The number of hydrogen-bond donors (Lipinski definition) is 0. The molecule has 1 atom stereocenters. The quantitative estimate of drug-likeness (QED) is 0.727. The van der Waals surface area contributed by atoms with Gasteiger partial charge in [-0.3, -0.25) is 4.99 Å². The van der Waals surface area contributed by atoms with Crippen molar-refractivity contribution in [3.63, 3.8) is 0 Å². The number of allylic oxidation sites excluding steroid dienone is 1. The van der Waals surface area contributed by atoms with Crippen molar-refractivity contribution in [2.24, 2.45) is 4.99 Å². The molecule has 0 amide bonds. The van der Waals surface area contributed by atoms with Crippen LogP contribution in [0.2, 0.25) is 0 Å². The lowest BCUT2D eigenvalue weighted by Gasteiger charge is -2.24. The van der Waals surface area contributed by atoms with E-state index in [0.717, 1.165) is 41.3 Å². The number of nitrogens with zero attached hydrogens (tertiary/aromatic N) is 1. The number of ether oxygens (including phenoxy) is 2. The summed E-state index contributed by atoms with van der Waals surface area (Å²) in [4.78, 5) is 4.82. The predicted octanol–water partition coefficient (Wildman–Crippen LogP) is 5.34. The Kier molecular flexibility index (Phi) is 4.74. The smallest absolute Gasteiger partial charge is 0.231 e. The van der Waals surface area contributed by atoms with Crippen LogP contribution in [0.15, 0.2) is 47.5 Å². The van der Waals surface area contributed by atoms with Gasteiger partial charge in [0, 0.05) is 18.0 Å². The summed E-state index contributed by atoms with van der Waals surface area (Å²) in [5.74, 6) is 1.80. The lowest BCUT2D eigenvalue weighted by Crippen LogP contribution is -2.16. The van der Waals surface area contributed by atoms with Gasteiger partial charge in [0.1, 0.15) is 5.82 Å². The van der Waals surface area contributed by atoms with E-state index < -0.39 is 0 Å². The first-order valence-electron chi connectivity index (χ1n) is 9.16. The fourth-order valence-corrected chi connectivity index (χ4v) is 3.50. The summed E-state index contributed by atoms with van der Waals surface area (Å²) >= 11 is 0. The summed E-state index contributed by atoms with van der Waals surface area (Å²) in [6.07, 6.45) is 7.47. The largest absolute Gasteiger partial charge is 0.454 e. The van der Waals surface area contributed by atoms with Crippen LogP contribution in [0.1, 0.15) is 48.8 Å². The van der Waals surface area contributed by atoms with Gasteiger partial charge >= 0.3 is 0 Å². The lowest BCUT2D eigenvalue weighted by molar-refractivity contribution is 0.174. The molecule has 2 heterocycles. The molecule has 0 aliphatic carbocycles. The summed E-state index contributed by atoms with van der Waals surface area (Å²) in [6.45, 7) is 3.27. The normalized spacial score (nSPS) is 18.1. The molecule has 0 fully saturated rings. The summed E-state index contributed by atoms with van der Waals surface area (Å²) in [7, 11) is 0. The van der Waals surface area contributed by atoms with Crippen LogP contribution in [-0.2, 0) is 0 Å². The molecule has 0 saturated heterocycles. The average molecular weight is 351 g/mol. The van der Waals surface area contributed by atoms with Gasteiger partial charge in [-0.1, -0.05) is 38.0 Å². The van der Waals surface area contributed by atoms with Crippen LogP contribution in [-0.4, -0.2) is 19.0 Å². The second-order valence-electron chi connectivity index (χ2n) is 6.74. The zero-order valence-corrected chi connectivity index (χ0v) is 14.9. The Bertz CT molecular complexity index is 855. The maximum atomic E-state index is 13.1. The lowest BCUT2D eigenvalue weighted by atomic mass is 9.85. The van der Waals surface area contributed by atoms with E-state index in [-0.39, 0.29) is 12.6 Å². The number of hydrogen-bond acceptors (Lipinski definition) is 3. The van der Waals surface area contributed by atoms with Crippen LogP contribution in [0.3, 0.4) is 0 Å². The molecule has 2 aromatic carbocycles. The van der Waals surface area contributed by atoms with Crippen molar-refractivity contribution in [3.05, 3.63) is 65.0 Å². The van der Waals surface area contributed by atoms with Crippen LogP contribution in [0.25, 0.3) is 6.08 Å². The number of halogens is 1. The summed E-state index contributed by atoms with van der Waals surface area (Å²) < 4.78 is 24.2. The molecule has 0 bridgehead atoms. The first kappa shape index (κ1) is 16.8. The Balaban J connectivity index is 1.66. The number of aliphatic imine (C=N–C) groups is 1. The van der Waals surface area contributed by atoms with Crippen molar-refractivity contribution >= 4 is 11.8 Å². The fraction of sp³-hybridized carbons (Fsp3) is 0.318. The molecule has 0 saturated carbocycles. The molecule has 0 aromatic heterocycles. The molecule has 0 N–H and O–H groups in total. The molecular formula is C22H22FNO2. The maximum Gasteiger partial charge on any atom is 0.231 e. The van der Waals surface area contributed by atoms with Crippen molar-refractivity contribution in [2.45, 2.75) is 32.1 Å². The summed E-state index contributed by atoms with van der Waals surface area (Å²) in [6, 6.07) is 10.6. The zero-order valence-electron chi connectivity index (χ0n) is 14.9. The molecule has 3 nitrogen and oxygen atoms in total. The van der Waals surface area contributed by atoms with Gasteiger partial charge < -0.3 is 9.47 Å². The van der Waals surface area contributed by atoms with Gasteiger partial charge in [0.2, 0.25) is 6.79 Å². The van der Waals surface area contributed by atoms with Gasteiger partial charge in [0.05, 0.1) is 5.71 Å². The molecule has 4 rings (SSSR count).